The van der Waals surface area contributed by atoms with Crippen molar-refractivity contribution in [1.82, 2.24) is 0 Å². The molecule has 0 heterocycles. The largest absolute Gasteiger partial charge is 0.294 e. The molecule has 1 nitrogen and oxygen atoms in total. The Hall–Kier alpha value is -1.11. The van der Waals surface area contributed by atoms with E-state index < -0.39 is 0 Å². The Bertz CT molecular complexity index is 313. The molecule has 0 aromatic heterocycles. The average Bonchev–Trinajstić information content (AvgIpc) is 2.17. The summed E-state index contributed by atoms with van der Waals surface area (Å²) in [4.78, 5) is 11.4. The highest BCUT2D eigenvalue weighted by molar-refractivity contribution is 5.96. The molecule has 0 bridgehead atoms. The van der Waals surface area contributed by atoms with Crippen LogP contribution in [-0.4, -0.2) is 5.78 Å². The van der Waals surface area contributed by atoms with Gasteiger partial charge in [0.2, 0.25) is 0 Å². The van der Waals surface area contributed by atoms with Crippen LogP contribution in [0.4, 0.5) is 0 Å². The quantitative estimate of drug-likeness (QED) is 0.646. The number of rotatable bonds is 3. The molecule has 0 aliphatic heterocycles. The van der Waals surface area contributed by atoms with Crippen LogP contribution in [-0.2, 0) is 6.42 Å². The molecule has 0 unspecified atom stereocenters. The number of Topliss-reactive ketones (excluding diaryl/α,β-unsaturated/α-hetero) is 1. The highest BCUT2D eigenvalue weighted by atomic mass is 16.1. The summed E-state index contributed by atoms with van der Waals surface area (Å²) in [6, 6.07) is 5.96. The van der Waals surface area contributed by atoms with E-state index in [2.05, 4.69) is 13.8 Å². The van der Waals surface area contributed by atoms with Crippen LogP contribution in [0.3, 0.4) is 0 Å². The summed E-state index contributed by atoms with van der Waals surface area (Å²) in [5, 5.41) is 0. The molecule has 0 radical (unpaired) electrons. The molecule has 0 atom stereocenters. The molecule has 0 amide bonds. The monoisotopic (exact) mass is 176 g/mol. The van der Waals surface area contributed by atoms with E-state index in [0.717, 1.165) is 12.0 Å². The second-order valence-electron chi connectivity index (χ2n) is 3.27. The number of carbonyl (C=O) groups is 1. The third-order valence-electron chi connectivity index (χ3n) is 2.37. The average molecular weight is 176 g/mol. The molecule has 1 rings (SSSR count). The van der Waals surface area contributed by atoms with Gasteiger partial charge in [-0.05, 0) is 30.5 Å². The fourth-order valence-electron chi connectivity index (χ4n) is 1.43. The van der Waals surface area contributed by atoms with E-state index in [4.69, 9.17) is 0 Å². The normalized spacial score (nSPS) is 10.1. The van der Waals surface area contributed by atoms with E-state index >= 15 is 0 Å². The van der Waals surface area contributed by atoms with Crippen LogP contribution in [0, 0.1) is 6.92 Å². The zero-order valence-electron chi connectivity index (χ0n) is 8.55. The second kappa shape index (κ2) is 4.22. The van der Waals surface area contributed by atoms with Gasteiger partial charge >= 0.3 is 0 Å². The maximum atomic E-state index is 11.4. The standard InChI is InChI=1S/C12H16O/c1-4-10-8-11(12(13)5-2)7-6-9(10)3/h6-8H,4-5H2,1-3H3. The van der Waals surface area contributed by atoms with E-state index in [1.807, 2.05) is 25.1 Å². The summed E-state index contributed by atoms with van der Waals surface area (Å²) in [5.74, 6) is 0.231. The number of carbonyl (C=O) groups excluding carboxylic acids is 1. The van der Waals surface area contributed by atoms with Crippen LogP contribution in [0.5, 0.6) is 0 Å². The number of hydrogen-bond donors (Lipinski definition) is 0. The molecular formula is C12H16O. The Morgan fingerprint density at radius 2 is 2.00 bits per heavy atom. The van der Waals surface area contributed by atoms with Gasteiger partial charge in [0.15, 0.2) is 5.78 Å². The van der Waals surface area contributed by atoms with Crippen LogP contribution < -0.4 is 0 Å². The van der Waals surface area contributed by atoms with Gasteiger partial charge in [-0.25, -0.2) is 0 Å². The molecule has 70 valence electrons. The highest BCUT2D eigenvalue weighted by Crippen LogP contribution is 2.13. The third kappa shape index (κ3) is 2.18. The van der Waals surface area contributed by atoms with E-state index in [-0.39, 0.29) is 5.78 Å². The summed E-state index contributed by atoms with van der Waals surface area (Å²) in [7, 11) is 0. The van der Waals surface area contributed by atoms with Crippen LogP contribution in [0.25, 0.3) is 0 Å². The van der Waals surface area contributed by atoms with Crippen molar-refractivity contribution in [3.8, 4) is 0 Å². The summed E-state index contributed by atoms with van der Waals surface area (Å²) in [5.41, 5.74) is 3.40. The van der Waals surface area contributed by atoms with Gasteiger partial charge in [-0.1, -0.05) is 26.0 Å². The van der Waals surface area contributed by atoms with Crippen molar-refractivity contribution in [2.75, 3.05) is 0 Å². The fraction of sp³-hybridized carbons (Fsp3) is 0.417. The first-order chi connectivity index (χ1) is 6.19. The van der Waals surface area contributed by atoms with Gasteiger partial charge in [0.25, 0.3) is 0 Å². The van der Waals surface area contributed by atoms with Crippen molar-refractivity contribution < 1.29 is 4.79 Å². The maximum absolute atomic E-state index is 11.4. The molecule has 0 spiro atoms. The molecule has 0 saturated heterocycles. The van der Waals surface area contributed by atoms with Gasteiger partial charge in [0.1, 0.15) is 0 Å². The summed E-state index contributed by atoms with van der Waals surface area (Å²) in [6.07, 6.45) is 1.59. The van der Waals surface area contributed by atoms with Crippen LogP contribution in [0.2, 0.25) is 0 Å². The topological polar surface area (TPSA) is 17.1 Å². The first-order valence-electron chi connectivity index (χ1n) is 4.81. The Kier molecular flexibility index (Phi) is 3.24. The Morgan fingerprint density at radius 1 is 1.31 bits per heavy atom. The van der Waals surface area contributed by atoms with E-state index in [0.29, 0.717) is 6.42 Å². The fourth-order valence-corrected chi connectivity index (χ4v) is 1.43. The molecule has 0 saturated carbocycles. The first kappa shape index (κ1) is 9.97. The van der Waals surface area contributed by atoms with Crippen molar-refractivity contribution in [2.24, 2.45) is 0 Å². The third-order valence-corrected chi connectivity index (χ3v) is 2.37. The smallest absolute Gasteiger partial charge is 0.162 e. The molecule has 13 heavy (non-hydrogen) atoms. The van der Waals surface area contributed by atoms with Crippen molar-refractivity contribution in [3.05, 3.63) is 34.9 Å². The van der Waals surface area contributed by atoms with Gasteiger partial charge in [-0.15, -0.1) is 0 Å². The number of aryl methyl sites for hydroxylation is 2. The molecule has 0 aliphatic carbocycles. The Morgan fingerprint density at radius 3 is 2.54 bits per heavy atom. The predicted octanol–water partition coefficient (Wildman–Crippen LogP) is 3.15. The lowest BCUT2D eigenvalue weighted by molar-refractivity contribution is 0.0988. The molecular weight excluding hydrogens is 160 g/mol. The zero-order chi connectivity index (χ0) is 9.84. The van der Waals surface area contributed by atoms with Crippen molar-refractivity contribution >= 4 is 5.78 Å². The minimum atomic E-state index is 0.231. The predicted molar refractivity (Wildman–Crippen MR) is 55.2 cm³/mol. The van der Waals surface area contributed by atoms with Gasteiger partial charge in [0.05, 0.1) is 0 Å². The van der Waals surface area contributed by atoms with Crippen LogP contribution in [0.1, 0.15) is 41.8 Å². The Balaban J connectivity index is 3.06. The van der Waals surface area contributed by atoms with Crippen LogP contribution in [0.15, 0.2) is 18.2 Å². The van der Waals surface area contributed by atoms with E-state index in [1.165, 1.54) is 11.1 Å². The van der Waals surface area contributed by atoms with Gasteiger partial charge in [-0.3, -0.25) is 4.79 Å². The number of benzene rings is 1. The molecule has 1 aromatic carbocycles. The van der Waals surface area contributed by atoms with Crippen LogP contribution >= 0.6 is 0 Å². The summed E-state index contributed by atoms with van der Waals surface area (Å²) >= 11 is 0. The maximum Gasteiger partial charge on any atom is 0.162 e. The molecule has 0 N–H and O–H groups in total. The van der Waals surface area contributed by atoms with E-state index in [9.17, 15) is 4.79 Å². The molecule has 0 aliphatic rings. The SMILES string of the molecule is CCC(=O)c1ccc(C)c(CC)c1. The summed E-state index contributed by atoms with van der Waals surface area (Å²) in [6.45, 7) is 6.09. The van der Waals surface area contributed by atoms with Gasteiger partial charge < -0.3 is 0 Å². The lowest BCUT2D eigenvalue weighted by atomic mass is 10.00. The Labute approximate surface area is 79.8 Å². The highest BCUT2D eigenvalue weighted by Gasteiger charge is 2.04. The molecule has 1 aromatic rings. The van der Waals surface area contributed by atoms with E-state index in [1.54, 1.807) is 0 Å². The summed E-state index contributed by atoms with van der Waals surface area (Å²) < 4.78 is 0. The minimum Gasteiger partial charge on any atom is -0.294 e. The van der Waals surface area contributed by atoms with Crippen molar-refractivity contribution in [3.63, 3.8) is 0 Å². The van der Waals surface area contributed by atoms with Crippen molar-refractivity contribution in [2.45, 2.75) is 33.6 Å². The minimum absolute atomic E-state index is 0.231. The molecule has 0 fully saturated rings. The first-order valence-corrected chi connectivity index (χ1v) is 4.81. The lowest BCUT2D eigenvalue weighted by Gasteiger charge is -2.05. The van der Waals surface area contributed by atoms with Gasteiger partial charge in [0, 0.05) is 12.0 Å². The molecule has 1 heteroatoms. The van der Waals surface area contributed by atoms with Crippen molar-refractivity contribution in [1.29, 1.82) is 0 Å². The lowest BCUT2D eigenvalue weighted by Crippen LogP contribution is -1.98. The zero-order valence-corrected chi connectivity index (χ0v) is 8.55. The van der Waals surface area contributed by atoms with Gasteiger partial charge in [-0.2, -0.15) is 0 Å². The number of ketones is 1. The number of hydrogen-bond acceptors (Lipinski definition) is 1. The second-order valence-corrected chi connectivity index (χ2v) is 3.27.